The Morgan fingerprint density at radius 1 is 0.943 bits per heavy atom. The van der Waals surface area contributed by atoms with Gasteiger partial charge in [-0.15, -0.1) is 0 Å². The number of rotatable bonds is 15. The van der Waals surface area contributed by atoms with Crippen molar-refractivity contribution >= 4 is 29.6 Å². The number of carbonyl (C=O) groups is 5. The van der Waals surface area contributed by atoms with E-state index < -0.39 is 60.4 Å². The molecule has 0 bridgehead atoms. The molecule has 0 aliphatic carbocycles. The Bertz CT molecular complexity index is 880. The fourth-order valence-corrected chi connectivity index (χ4v) is 3.20. The van der Waals surface area contributed by atoms with Crippen molar-refractivity contribution in [3.63, 3.8) is 0 Å². The minimum absolute atomic E-state index is 0.209. The molecule has 0 saturated carbocycles. The summed E-state index contributed by atoms with van der Waals surface area (Å²) in [4.78, 5) is 60.8. The van der Waals surface area contributed by atoms with Gasteiger partial charge in [-0.2, -0.15) is 0 Å². The summed E-state index contributed by atoms with van der Waals surface area (Å²) in [5.41, 5.74) is 12.0. The number of hydrogen-bond acceptors (Lipinski definition) is 7. The Labute approximate surface area is 203 Å². The van der Waals surface area contributed by atoms with Gasteiger partial charge in [0.2, 0.25) is 23.6 Å². The van der Waals surface area contributed by atoms with E-state index in [1.165, 1.54) is 0 Å². The van der Waals surface area contributed by atoms with Gasteiger partial charge in [-0.3, -0.25) is 19.2 Å². The van der Waals surface area contributed by atoms with Crippen molar-refractivity contribution in [2.45, 2.75) is 63.7 Å². The largest absolute Gasteiger partial charge is 0.480 e. The van der Waals surface area contributed by atoms with Crippen LogP contribution in [0.1, 0.15) is 38.7 Å². The SMILES string of the molecule is CCC(C)C(NC(=O)C(N)Cc1ccccc1)C(=O)NC(CCC(N)=O)C(=O)NC(CO)C(=O)O. The van der Waals surface area contributed by atoms with Crippen molar-refractivity contribution in [1.82, 2.24) is 16.0 Å². The van der Waals surface area contributed by atoms with Crippen LogP contribution in [0.15, 0.2) is 30.3 Å². The van der Waals surface area contributed by atoms with Gasteiger partial charge >= 0.3 is 5.97 Å². The van der Waals surface area contributed by atoms with Crippen LogP contribution < -0.4 is 27.4 Å². The number of aliphatic hydroxyl groups is 1. The fourth-order valence-electron chi connectivity index (χ4n) is 3.20. The molecular weight excluding hydrogens is 458 g/mol. The molecule has 1 rings (SSSR count). The smallest absolute Gasteiger partial charge is 0.328 e. The number of primary amides is 1. The Hall–Kier alpha value is -3.51. The van der Waals surface area contributed by atoms with E-state index in [9.17, 15) is 24.0 Å². The van der Waals surface area contributed by atoms with E-state index in [4.69, 9.17) is 21.7 Å². The summed E-state index contributed by atoms with van der Waals surface area (Å²) >= 11 is 0. The molecule has 4 amide bonds. The van der Waals surface area contributed by atoms with E-state index in [1.54, 1.807) is 6.92 Å². The average Bonchev–Trinajstić information content (AvgIpc) is 2.82. The Balaban J connectivity index is 2.98. The number of nitrogens with one attached hydrogen (secondary N) is 3. The lowest BCUT2D eigenvalue weighted by molar-refractivity contribution is -0.143. The number of hydrogen-bond donors (Lipinski definition) is 7. The molecule has 5 atom stereocenters. The zero-order chi connectivity index (χ0) is 26.5. The minimum Gasteiger partial charge on any atom is -0.480 e. The first-order chi connectivity index (χ1) is 16.5. The molecule has 0 spiro atoms. The van der Waals surface area contributed by atoms with Crippen LogP contribution in [0.2, 0.25) is 0 Å². The van der Waals surface area contributed by atoms with Crippen LogP contribution in [-0.4, -0.2) is 70.6 Å². The van der Waals surface area contributed by atoms with Gasteiger partial charge in [0, 0.05) is 6.42 Å². The zero-order valence-electron chi connectivity index (χ0n) is 19.9. The third kappa shape index (κ3) is 10.1. The third-order valence-electron chi connectivity index (χ3n) is 5.54. The highest BCUT2D eigenvalue weighted by Crippen LogP contribution is 2.11. The van der Waals surface area contributed by atoms with Crippen LogP contribution in [0.4, 0.5) is 0 Å². The van der Waals surface area contributed by atoms with E-state index in [2.05, 4.69) is 16.0 Å². The van der Waals surface area contributed by atoms with Gasteiger partial charge in [-0.05, 0) is 24.3 Å². The van der Waals surface area contributed by atoms with Gasteiger partial charge in [0.05, 0.1) is 12.6 Å². The van der Waals surface area contributed by atoms with Crippen LogP contribution in [0, 0.1) is 5.92 Å². The highest BCUT2D eigenvalue weighted by Gasteiger charge is 2.32. The Kier molecular flexibility index (Phi) is 12.4. The molecule has 0 aliphatic rings. The number of carboxylic acids is 1. The first-order valence-corrected chi connectivity index (χ1v) is 11.3. The van der Waals surface area contributed by atoms with Crippen LogP contribution in [-0.2, 0) is 30.4 Å². The van der Waals surface area contributed by atoms with Gasteiger partial charge in [0.25, 0.3) is 0 Å². The number of carboxylic acid groups (broad SMARTS) is 1. The second-order valence-electron chi connectivity index (χ2n) is 8.32. The van der Waals surface area contributed by atoms with Crippen molar-refractivity contribution < 1.29 is 34.2 Å². The van der Waals surface area contributed by atoms with Gasteiger partial charge in [-0.1, -0.05) is 50.6 Å². The molecule has 0 heterocycles. The number of carbonyl (C=O) groups excluding carboxylic acids is 4. The second kappa shape index (κ2) is 14.7. The van der Waals surface area contributed by atoms with Crippen LogP contribution in [0.5, 0.6) is 0 Å². The van der Waals surface area contributed by atoms with Crippen molar-refractivity contribution in [3.05, 3.63) is 35.9 Å². The monoisotopic (exact) mass is 493 g/mol. The summed E-state index contributed by atoms with van der Waals surface area (Å²) < 4.78 is 0. The van der Waals surface area contributed by atoms with Crippen molar-refractivity contribution in [2.75, 3.05) is 6.61 Å². The predicted octanol–water partition coefficient (Wildman–Crippen LogP) is -1.60. The van der Waals surface area contributed by atoms with Crippen molar-refractivity contribution in [2.24, 2.45) is 17.4 Å². The van der Waals surface area contributed by atoms with Crippen LogP contribution in [0.3, 0.4) is 0 Å². The van der Waals surface area contributed by atoms with Gasteiger partial charge in [-0.25, -0.2) is 4.79 Å². The van der Waals surface area contributed by atoms with Crippen LogP contribution >= 0.6 is 0 Å². The molecular formula is C23H35N5O7. The summed E-state index contributed by atoms with van der Waals surface area (Å²) in [7, 11) is 0. The maximum atomic E-state index is 13.1. The molecule has 194 valence electrons. The number of aliphatic carboxylic acids is 1. The summed E-state index contributed by atoms with van der Waals surface area (Å²) in [6, 6.07) is 4.22. The summed E-state index contributed by atoms with van der Waals surface area (Å²) in [5.74, 6) is -4.73. The molecule has 35 heavy (non-hydrogen) atoms. The standard InChI is InChI=1S/C23H35N5O7/c1-3-13(2)19(28-20(31)15(24)11-14-7-5-4-6-8-14)22(33)26-16(9-10-18(25)30)21(32)27-17(12-29)23(34)35/h4-8,13,15-17,19,29H,3,9-12,24H2,1-2H3,(H2,25,30)(H,26,33)(H,27,32)(H,28,31)(H,34,35). The van der Waals surface area contributed by atoms with E-state index in [0.29, 0.717) is 6.42 Å². The second-order valence-corrected chi connectivity index (χ2v) is 8.32. The fraction of sp³-hybridized carbons (Fsp3) is 0.522. The molecule has 5 unspecified atom stereocenters. The highest BCUT2D eigenvalue weighted by molar-refractivity contribution is 5.94. The highest BCUT2D eigenvalue weighted by atomic mass is 16.4. The topological polar surface area (TPSA) is 214 Å². The van der Waals surface area contributed by atoms with E-state index >= 15 is 0 Å². The molecule has 0 aromatic heterocycles. The Morgan fingerprint density at radius 2 is 1.54 bits per heavy atom. The maximum Gasteiger partial charge on any atom is 0.328 e. The minimum atomic E-state index is -1.60. The quantitative estimate of drug-likeness (QED) is 0.151. The predicted molar refractivity (Wildman–Crippen MR) is 127 cm³/mol. The molecule has 12 heteroatoms. The van der Waals surface area contributed by atoms with E-state index in [0.717, 1.165) is 5.56 Å². The average molecular weight is 494 g/mol. The third-order valence-corrected chi connectivity index (χ3v) is 5.54. The number of amides is 4. The molecule has 0 aliphatic heterocycles. The van der Waals surface area contributed by atoms with Crippen molar-refractivity contribution in [3.8, 4) is 0 Å². The number of aliphatic hydroxyl groups excluding tert-OH is 1. The van der Waals surface area contributed by atoms with E-state index in [1.807, 2.05) is 37.3 Å². The first-order valence-electron chi connectivity index (χ1n) is 11.3. The lowest BCUT2D eigenvalue weighted by Gasteiger charge is -2.27. The Morgan fingerprint density at radius 3 is 2.06 bits per heavy atom. The van der Waals surface area contributed by atoms with Crippen molar-refractivity contribution in [1.29, 1.82) is 0 Å². The molecule has 9 N–H and O–H groups in total. The molecule has 1 aromatic rings. The molecule has 12 nitrogen and oxygen atoms in total. The van der Waals surface area contributed by atoms with Crippen LogP contribution in [0.25, 0.3) is 0 Å². The lowest BCUT2D eigenvalue weighted by Crippen LogP contribution is -2.59. The van der Waals surface area contributed by atoms with E-state index in [-0.39, 0.29) is 25.2 Å². The zero-order valence-corrected chi connectivity index (χ0v) is 19.9. The lowest BCUT2D eigenvalue weighted by atomic mass is 9.96. The molecule has 1 aromatic carbocycles. The maximum absolute atomic E-state index is 13.1. The molecule has 0 fully saturated rings. The summed E-state index contributed by atoms with van der Waals surface area (Å²) in [5, 5.41) is 25.4. The normalized spacial score (nSPS) is 15.1. The molecule has 0 saturated heterocycles. The first kappa shape index (κ1) is 29.5. The number of benzene rings is 1. The number of nitrogens with two attached hydrogens (primary N) is 2. The van der Waals surface area contributed by atoms with Gasteiger partial charge in [0.15, 0.2) is 0 Å². The van der Waals surface area contributed by atoms with Gasteiger partial charge < -0.3 is 37.6 Å². The molecule has 0 radical (unpaired) electrons. The van der Waals surface area contributed by atoms with Gasteiger partial charge in [0.1, 0.15) is 18.1 Å². The summed E-state index contributed by atoms with van der Waals surface area (Å²) in [6.07, 6.45) is 0.288. The summed E-state index contributed by atoms with van der Waals surface area (Å²) in [6.45, 7) is 2.68.